The minimum Gasteiger partial charge on any atom is -0.338 e. The van der Waals surface area contributed by atoms with Crippen molar-refractivity contribution in [3.05, 3.63) is 28.8 Å². The van der Waals surface area contributed by atoms with Gasteiger partial charge in [-0.2, -0.15) is 0 Å². The van der Waals surface area contributed by atoms with Crippen LogP contribution in [0.15, 0.2) is 12.1 Å². The maximum absolute atomic E-state index is 12.8. The summed E-state index contributed by atoms with van der Waals surface area (Å²) >= 11 is 0. The van der Waals surface area contributed by atoms with Crippen molar-refractivity contribution in [1.29, 1.82) is 0 Å². The average Bonchev–Trinajstić information content (AvgIpc) is 2.84. The molecule has 1 aromatic rings. The molecule has 1 atom stereocenters. The molecule has 4 nitrogen and oxygen atoms in total. The molecule has 1 fully saturated rings. The number of aryl methyl sites for hydroxylation is 1. The van der Waals surface area contributed by atoms with Gasteiger partial charge in [-0.1, -0.05) is 6.92 Å². The van der Waals surface area contributed by atoms with Crippen molar-refractivity contribution < 1.29 is 9.59 Å². The van der Waals surface area contributed by atoms with Crippen molar-refractivity contribution >= 4 is 17.5 Å². The highest BCUT2D eigenvalue weighted by Crippen LogP contribution is 2.38. The highest BCUT2D eigenvalue weighted by Gasteiger charge is 2.33. The Balaban J connectivity index is 1.68. The quantitative estimate of drug-likeness (QED) is 0.799. The van der Waals surface area contributed by atoms with E-state index in [0.29, 0.717) is 12.3 Å². The lowest BCUT2D eigenvalue weighted by Crippen LogP contribution is -2.39. The molecular weight excluding hydrogens is 276 g/mol. The summed E-state index contributed by atoms with van der Waals surface area (Å²) in [6, 6.07) is 3.99. The fourth-order valence-corrected chi connectivity index (χ4v) is 4.16. The van der Waals surface area contributed by atoms with E-state index in [1.54, 1.807) is 0 Å². The van der Waals surface area contributed by atoms with Gasteiger partial charge in [0.2, 0.25) is 5.91 Å². The van der Waals surface area contributed by atoms with Crippen LogP contribution in [0, 0.1) is 5.92 Å². The summed E-state index contributed by atoms with van der Waals surface area (Å²) in [5.41, 5.74) is 4.11. The van der Waals surface area contributed by atoms with Crippen molar-refractivity contribution in [1.82, 2.24) is 4.90 Å². The van der Waals surface area contributed by atoms with E-state index in [0.717, 1.165) is 55.7 Å². The summed E-state index contributed by atoms with van der Waals surface area (Å²) in [6.45, 7) is 4.76. The van der Waals surface area contributed by atoms with Crippen LogP contribution >= 0.6 is 0 Å². The SMILES string of the molecule is CC1CCCN(C(=O)c2cc3c4c(c2)CC(=O)N4CCC3)C1. The van der Waals surface area contributed by atoms with Crippen LogP contribution in [0.2, 0.25) is 0 Å². The number of piperidine rings is 1. The molecule has 116 valence electrons. The van der Waals surface area contributed by atoms with E-state index >= 15 is 0 Å². The van der Waals surface area contributed by atoms with Gasteiger partial charge >= 0.3 is 0 Å². The van der Waals surface area contributed by atoms with Crippen molar-refractivity contribution in [3.63, 3.8) is 0 Å². The summed E-state index contributed by atoms with van der Waals surface area (Å²) in [7, 11) is 0. The molecule has 0 spiro atoms. The molecule has 1 unspecified atom stereocenters. The van der Waals surface area contributed by atoms with Gasteiger partial charge in [-0.15, -0.1) is 0 Å². The van der Waals surface area contributed by atoms with Gasteiger partial charge in [0.05, 0.1) is 12.1 Å². The zero-order chi connectivity index (χ0) is 15.3. The summed E-state index contributed by atoms with van der Waals surface area (Å²) in [5, 5.41) is 0. The number of carbonyl (C=O) groups excluding carboxylic acids is 2. The third-order valence-corrected chi connectivity index (χ3v) is 5.20. The van der Waals surface area contributed by atoms with E-state index in [1.807, 2.05) is 21.9 Å². The highest BCUT2D eigenvalue weighted by molar-refractivity contribution is 6.04. The first-order chi connectivity index (χ1) is 10.6. The van der Waals surface area contributed by atoms with E-state index in [9.17, 15) is 9.59 Å². The first-order valence-corrected chi connectivity index (χ1v) is 8.39. The van der Waals surface area contributed by atoms with Gasteiger partial charge in [0.25, 0.3) is 5.91 Å². The smallest absolute Gasteiger partial charge is 0.253 e. The summed E-state index contributed by atoms with van der Waals surface area (Å²) < 4.78 is 0. The number of hydrogen-bond donors (Lipinski definition) is 0. The molecule has 0 saturated carbocycles. The molecule has 0 radical (unpaired) electrons. The molecule has 2 amide bonds. The normalized spacial score (nSPS) is 23.7. The molecule has 3 heterocycles. The first-order valence-electron chi connectivity index (χ1n) is 8.39. The van der Waals surface area contributed by atoms with Crippen LogP contribution in [-0.2, 0) is 17.6 Å². The molecule has 3 aliphatic rings. The number of amides is 2. The second-order valence-electron chi connectivity index (χ2n) is 6.97. The third-order valence-electron chi connectivity index (χ3n) is 5.20. The third kappa shape index (κ3) is 2.13. The summed E-state index contributed by atoms with van der Waals surface area (Å²) in [5.74, 6) is 0.914. The monoisotopic (exact) mass is 298 g/mol. The van der Waals surface area contributed by atoms with Gasteiger partial charge in [0, 0.05) is 25.2 Å². The van der Waals surface area contributed by atoms with E-state index in [2.05, 4.69) is 6.92 Å². The van der Waals surface area contributed by atoms with Crippen LogP contribution in [0.4, 0.5) is 5.69 Å². The predicted molar refractivity (Wildman–Crippen MR) is 85.1 cm³/mol. The Kier molecular flexibility index (Phi) is 3.21. The van der Waals surface area contributed by atoms with Crippen LogP contribution in [0.3, 0.4) is 0 Å². The van der Waals surface area contributed by atoms with Crippen LogP contribution in [-0.4, -0.2) is 36.3 Å². The Bertz CT molecular complexity index is 653. The lowest BCUT2D eigenvalue weighted by molar-refractivity contribution is -0.117. The Morgan fingerprint density at radius 3 is 2.82 bits per heavy atom. The molecule has 1 saturated heterocycles. The van der Waals surface area contributed by atoms with Crippen LogP contribution in [0.25, 0.3) is 0 Å². The molecule has 22 heavy (non-hydrogen) atoms. The molecular formula is C18H22N2O2. The van der Waals surface area contributed by atoms with Crippen molar-refractivity contribution in [2.45, 2.75) is 39.0 Å². The number of carbonyl (C=O) groups is 2. The van der Waals surface area contributed by atoms with E-state index in [-0.39, 0.29) is 11.8 Å². The van der Waals surface area contributed by atoms with Gasteiger partial charge in [0.15, 0.2) is 0 Å². The van der Waals surface area contributed by atoms with Gasteiger partial charge in [-0.3, -0.25) is 9.59 Å². The van der Waals surface area contributed by atoms with Crippen molar-refractivity contribution in [2.75, 3.05) is 24.5 Å². The van der Waals surface area contributed by atoms with Gasteiger partial charge < -0.3 is 9.80 Å². The number of rotatable bonds is 1. The molecule has 3 aliphatic heterocycles. The molecule has 4 heteroatoms. The van der Waals surface area contributed by atoms with E-state index in [4.69, 9.17) is 0 Å². The topological polar surface area (TPSA) is 40.6 Å². The van der Waals surface area contributed by atoms with Crippen LogP contribution in [0.5, 0.6) is 0 Å². The van der Waals surface area contributed by atoms with Crippen molar-refractivity contribution in [2.24, 2.45) is 5.92 Å². The minimum atomic E-state index is 0.141. The highest BCUT2D eigenvalue weighted by atomic mass is 16.2. The fraction of sp³-hybridized carbons (Fsp3) is 0.556. The Morgan fingerprint density at radius 2 is 2.00 bits per heavy atom. The first kappa shape index (κ1) is 13.8. The van der Waals surface area contributed by atoms with E-state index < -0.39 is 0 Å². The Hall–Kier alpha value is -1.84. The molecule has 0 aliphatic carbocycles. The molecule has 0 N–H and O–H groups in total. The van der Waals surface area contributed by atoms with E-state index in [1.165, 1.54) is 12.0 Å². The second kappa shape index (κ2) is 5.11. The number of nitrogens with zero attached hydrogens (tertiary/aromatic N) is 2. The zero-order valence-corrected chi connectivity index (χ0v) is 13.1. The largest absolute Gasteiger partial charge is 0.338 e. The molecule has 0 bridgehead atoms. The standard InChI is InChI=1S/C18H22N2O2/c1-12-4-2-6-19(11-12)18(22)15-8-13-5-3-7-20-16(21)10-14(9-15)17(13)20/h8-9,12H,2-7,10-11H2,1H3. The lowest BCUT2D eigenvalue weighted by atomic mass is 9.95. The molecule has 1 aromatic carbocycles. The van der Waals surface area contributed by atoms with Gasteiger partial charge in [0.1, 0.15) is 0 Å². The van der Waals surface area contributed by atoms with Crippen LogP contribution < -0.4 is 4.90 Å². The van der Waals surface area contributed by atoms with Crippen molar-refractivity contribution in [3.8, 4) is 0 Å². The van der Waals surface area contributed by atoms with Gasteiger partial charge in [-0.25, -0.2) is 0 Å². The predicted octanol–water partition coefficient (Wildman–Crippen LogP) is 2.39. The lowest BCUT2D eigenvalue weighted by Gasteiger charge is -2.31. The minimum absolute atomic E-state index is 0.141. The number of anilines is 1. The zero-order valence-electron chi connectivity index (χ0n) is 13.1. The summed E-state index contributed by atoms with van der Waals surface area (Å²) in [6.07, 6.45) is 4.74. The van der Waals surface area contributed by atoms with Crippen LogP contribution in [0.1, 0.15) is 47.7 Å². The second-order valence-corrected chi connectivity index (χ2v) is 6.97. The number of hydrogen-bond acceptors (Lipinski definition) is 2. The fourth-order valence-electron chi connectivity index (χ4n) is 4.16. The van der Waals surface area contributed by atoms with Gasteiger partial charge in [-0.05, 0) is 54.9 Å². The number of benzene rings is 1. The Labute approximate surface area is 131 Å². The molecule has 4 rings (SSSR count). The number of likely N-dealkylation sites (tertiary alicyclic amines) is 1. The summed E-state index contributed by atoms with van der Waals surface area (Å²) in [4.78, 5) is 28.8. The Morgan fingerprint density at radius 1 is 1.18 bits per heavy atom. The maximum Gasteiger partial charge on any atom is 0.253 e. The average molecular weight is 298 g/mol. The molecule has 0 aromatic heterocycles. The maximum atomic E-state index is 12.8.